The molecule has 0 saturated heterocycles. The molecule has 138 valence electrons. The normalized spacial score (nSPS) is 16.6. The van der Waals surface area contributed by atoms with Crippen LogP contribution >= 0.6 is 0 Å². The molecule has 0 radical (unpaired) electrons. The molecule has 0 atom stereocenters. The smallest absolute Gasteiger partial charge is 0.338 e. The Labute approximate surface area is 160 Å². The van der Waals surface area contributed by atoms with Gasteiger partial charge in [0.1, 0.15) is 0 Å². The van der Waals surface area contributed by atoms with Crippen LogP contribution < -0.4 is 0 Å². The molecular weight excluding hydrogens is 334 g/mol. The summed E-state index contributed by atoms with van der Waals surface area (Å²) >= 11 is 0. The lowest BCUT2D eigenvalue weighted by atomic mass is 9.96. The van der Waals surface area contributed by atoms with E-state index in [9.17, 15) is 4.79 Å². The summed E-state index contributed by atoms with van der Waals surface area (Å²) in [5, 5.41) is 1.28. The van der Waals surface area contributed by atoms with Crippen LogP contribution in [0.15, 0.2) is 48.7 Å². The molecular formula is C24H25NO2. The average molecular weight is 359 g/mol. The Morgan fingerprint density at radius 2 is 1.93 bits per heavy atom. The van der Waals surface area contributed by atoms with Gasteiger partial charge in [-0.1, -0.05) is 18.2 Å². The SMILES string of the molecule is COC(=O)c1cc(C2CC2)ccc1Cc1ccc2c(ccn2CC2CC2)c1. The van der Waals surface area contributed by atoms with Gasteiger partial charge in [-0.25, -0.2) is 4.79 Å². The van der Waals surface area contributed by atoms with Crippen molar-refractivity contribution in [2.75, 3.05) is 7.11 Å². The van der Waals surface area contributed by atoms with Crippen LogP contribution in [0.2, 0.25) is 0 Å². The summed E-state index contributed by atoms with van der Waals surface area (Å²) < 4.78 is 7.42. The van der Waals surface area contributed by atoms with Crippen molar-refractivity contribution in [3.63, 3.8) is 0 Å². The van der Waals surface area contributed by atoms with Crippen molar-refractivity contribution in [2.45, 2.75) is 44.6 Å². The molecule has 3 aromatic rings. The Kier molecular flexibility index (Phi) is 4.04. The highest BCUT2D eigenvalue weighted by Gasteiger charge is 2.25. The molecule has 3 heteroatoms. The number of rotatable bonds is 6. The van der Waals surface area contributed by atoms with Crippen LogP contribution in [0, 0.1) is 5.92 Å². The fourth-order valence-electron chi connectivity index (χ4n) is 4.04. The summed E-state index contributed by atoms with van der Waals surface area (Å²) in [6.45, 7) is 1.14. The number of carbonyl (C=O) groups excluding carboxylic acids is 1. The number of esters is 1. The molecule has 3 nitrogen and oxygen atoms in total. The fourth-order valence-corrected chi connectivity index (χ4v) is 4.04. The van der Waals surface area contributed by atoms with Gasteiger partial charge in [-0.2, -0.15) is 0 Å². The molecule has 2 aromatic carbocycles. The first-order valence-electron chi connectivity index (χ1n) is 10.00. The van der Waals surface area contributed by atoms with Gasteiger partial charge >= 0.3 is 5.97 Å². The molecule has 2 saturated carbocycles. The van der Waals surface area contributed by atoms with Crippen LogP contribution in [-0.2, 0) is 17.7 Å². The van der Waals surface area contributed by atoms with E-state index in [1.165, 1.54) is 54.8 Å². The van der Waals surface area contributed by atoms with Gasteiger partial charge in [0.15, 0.2) is 0 Å². The number of hydrogen-bond donors (Lipinski definition) is 0. The van der Waals surface area contributed by atoms with Gasteiger partial charge in [-0.3, -0.25) is 0 Å². The molecule has 2 aliphatic carbocycles. The zero-order chi connectivity index (χ0) is 18.4. The van der Waals surface area contributed by atoms with Gasteiger partial charge in [0, 0.05) is 18.3 Å². The minimum atomic E-state index is -0.232. The van der Waals surface area contributed by atoms with Crippen LogP contribution in [-0.4, -0.2) is 17.6 Å². The van der Waals surface area contributed by atoms with Crippen molar-refractivity contribution in [1.82, 2.24) is 4.57 Å². The fraction of sp³-hybridized carbons (Fsp3) is 0.375. The number of aromatic nitrogens is 1. The lowest BCUT2D eigenvalue weighted by Crippen LogP contribution is -2.07. The maximum Gasteiger partial charge on any atom is 0.338 e. The maximum atomic E-state index is 12.3. The second kappa shape index (κ2) is 6.56. The van der Waals surface area contributed by atoms with Crippen molar-refractivity contribution in [3.05, 3.63) is 70.9 Å². The number of carbonyl (C=O) groups is 1. The number of benzene rings is 2. The summed E-state index contributed by atoms with van der Waals surface area (Å²) in [4.78, 5) is 12.3. The van der Waals surface area contributed by atoms with E-state index in [2.05, 4.69) is 47.2 Å². The Morgan fingerprint density at radius 3 is 2.67 bits per heavy atom. The molecule has 0 amide bonds. The third-order valence-corrected chi connectivity index (χ3v) is 5.97. The average Bonchev–Trinajstić information content (AvgIpc) is 3.60. The minimum absolute atomic E-state index is 0.232. The lowest BCUT2D eigenvalue weighted by molar-refractivity contribution is 0.0599. The molecule has 0 unspecified atom stereocenters. The predicted molar refractivity (Wildman–Crippen MR) is 107 cm³/mol. The standard InChI is InChI=1S/C24H25NO2/c1-27-24(26)22-14-19(18-5-6-18)7-8-20(22)12-17-4-9-23-21(13-17)10-11-25(23)15-16-2-3-16/h4,7-11,13-14,16,18H,2-3,5-6,12,15H2,1H3. The van der Waals surface area contributed by atoms with E-state index in [0.29, 0.717) is 11.5 Å². The van der Waals surface area contributed by atoms with Crippen LogP contribution in [0.25, 0.3) is 10.9 Å². The first-order valence-corrected chi connectivity index (χ1v) is 10.00. The molecule has 27 heavy (non-hydrogen) atoms. The number of hydrogen-bond acceptors (Lipinski definition) is 2. The van der Waals surface area contributed by atoms with Crippen molar-refractivity contribution < 1.29 is 9.53 Å². The van der Waals surface area contributed by atoms with E-state index in [4.69, 9.17) is 4.74 Å². The monoisotopic (exact) mass is 359 g/mol. The molecule has 0 aliphatic heterocycles. The van der Waals surface area contributed by atoms with Crippen molar-refractivity contribution >= 4 is 16.9 Å². The topological polar surface area (TPSA) is 31.2 Å². The highest BCUT2D eigenvalue weighted by Crippen LogP contribution is 2.40. The summed E-state index contributed by atoms with van der Waals surface area (Å²) in [6.07, 6.45) is 8.15. The number of ether oxygens (including phenoxy) is 1. The van der Waals surface area contributed by atoms with E-state index >= 15 is 0 Å². The van der Waals surface area contributed by atoms with Gasteiger partial charge in [0.05, 0.1) is 12.7 Å². The first-order chi connectivity index (χ1) is 13.2. The quantitative estimate of drug-likeness (QED) is 0.559. The van der Waals surface area contributed by atoms with Crippen LogP contribution in [0.1, 0.15) is 58.6 Å². The Morgan fingerprint density at radius 1 is 1.07 bits per heavy atom. The highest BCUT2D eigenvalue weighted by atomic mass is 16.5. The summed E-state index contributed by atoms with van der Waals surface area (Å²) in [5.41, 5.74) is 5.57. The molecule has 1 heterocycles. The van der Waals surface area contributed by atoms with Crippen LogP contribution in [0.3, 0.4) is 0 Å². The number of nitrogens with zero attached hydrogens (tertiary/aromatic N) is 1. The van der Waals surface area contributed by atoms with Crippen LogP contribution in [0.4, 0.5) is 0 Å². The molecule has 0 N–H and O–H groups in total. The zero-order valence-electron chi connectivity index (χ0n) is 15.8. The molecule has 0 spiro atoms. The molecule has 2 fully saturated rings. The summed E-state index contributed by atoms with van der Waals surface area (Å²) in [6, 6.07) is 15.2. The molecule has 5 rings (SSSR count). The van der Waals surface area contributed by atoms with E-state index in [1.54, 1.807) is 0 Å². The lowest BCUT2D eigenvalue weighted by Gasteiger charge is -2.11. The third kappa shape index (κ3) is 3.39. The maximum absolute atomic E-state index is 12.3. The first kappa shape index (κ1) is 16.6. The van der Waals surface area contributed by atoms with Crippen molar-refractivity contribution in [2.24, 2.45) is 5.92 Å². The molecule has 2 aliphatic rings. The van der Waals surface area contributed by atoms with E-state index in [0.717, 1.165) is 24.4 Å². The van der Waals surface area contributed by atoms with Gasteiger partial charge in [-0.15, -0.1) is 0 Å². The van der Waals surface area contributed by atoms with Gasteiger partial charge in [0.25, 0.3) is 0 Å². The van der Waals surface area contributed by atoms with Gasteiger partial charge in [0.2, 0.25) is 0 Å². The Hall–Kier alpha value is -2.55. The number of fused-ring (bicyclic) bond motifs is 1. The van der Waals surface area contributed by atoms with E-state index < -0.39 is 0 Å². The minimum Gasteiger partial charge on any atom is -0.465 e. The molecule has 1 aromatic heterocycles. The van der Waals surface area contributed by atoms with Crippen LogP contribution in [0.5, 0.6) is 0 Å². The van der Waals surface area contributed by atoms with E-state index in [-0.39, 0.29) is 5.97 Å². The summed E-state index contributed by atoms with van der Waals surface area (Å²) in [5.74, 6) is 1.27. The van der Waals surface area contributed by atoms with Crippen molar-refractivity contribution in [3.8, 4) is 0 Å². The summed E-state index contributed by atoms with van der Waals surface area (Å²) in [7, 11) is 1.46. The zero-order valence-corrected chi connectivity index (χ0v) is 15.8. The predicted octanol–water partition coefficient (Wildman–Crippen LogP) is 5.31. The largest absolute Gasteiger partial charge is 0.465 e. The third-order valence-electron chi connectivity index (χ3n) is 5.97. The van der Waals surface area contributed by atoms with Gasteiger partial charge < -0.3 is 9.30 Å². The second-order valence-corrected chi connectivity index (χ2v) is 8.16. The number of methoxy groups -OCH3 is 1. The van der Waals surface area contributed by atoms with E-state index in [1.807, 2.05) is 6.07 Å². The highest BCUT2D eigenvalue weighted by molar-refractivity contribution is 5.91. The van der Waals surface area contributed by atoms with Gasteiger partial charge in [-0.05, 0) is 90.3 Å². The Bertz CT molecular complexity index is 1010. The molecule has 0 bridgehead atoms. The second-order valence-electron chi connectivity index (χ2n) is 8.16. The van der Waals surface area contributed by atoms with Crippen molar-refractivity contribution in [1.29, 1.82) is 0 Å². The Balaban J connectivity index is 1.44.